The molecule has 0 bridgehead atoms. The lowest BCUT2D eigenvalue weighted by Gasteiger charge is -2.10. The van der Waals surface area contributed by atoms with Crippen molar-refractivity contribution in [1.82, 2.24) is 9.47 Å². The third kappa shape index (κ3) is 3.85. The third-order valence-electron chi connectivity index (χ3n) is 3.81. The monoisotopic (exact) mass is 338 g/mol. The van der Waals surface area contributed by atoms with E-state index in [-0.39, 0.29) is 17.7 Å². The lowest BCUT2D eigenvalue weighted by atomic mass is 10.2. The standard InChI is InChI=1S/C16H22N2O4S/c1-11-9-13(12(2)17(11)5-7-21-3)10-14-15(19)18(6-8-22-4)16(20)23-14/h9-10H,5-8H2,1-4H3/b14-10+. The van der Waals surface area contributed by atoms with E-state index in [0.717, 1.165) is 35.3 Å². The molecule has 0 unspecified atom stereocenters. The van der Waals surface area contributed by atoms with Crippen molar-refractivity contribution in [3.05, 3.63) is 27.9 Å². The van der Waals surface area contributed by atoms with Crippen molar-refractivity contribution in [1.29, 1.82) is 0 Å². The van der Waals surface area contributed by atoms with E-state index in [1.54, 1.807) is 20.3 Å². The number of carbonyl (C=O) groups is 2. The number of rotatable bonds is 7. The van der Waals surface area contributed by atoms with Crippen LogP contribution in [0.2, 0.25) is 0 Å². The van der Waals surface area contributed by atoms with Gasteiger partial charge in [-0.2, -0.15) is 0 Å². The van der Waals surface area contributed by atoms with E-state index in [1.807, 2.05) is 19.9 Å². The quantitative estimate of drug-likeness (QED) is 0.715. The van der Waals surface area contributed by atoms with Gasteiger partial charge in [-0.25, -0.2) is 0 Å². The Labute approximate surface area is 140 Å². The maximum absolute atomic E-state index is 12.3. The van der Waals surface area contributed by atoms with Crippen LogP contribution >= 0.6 is 11.8 Å². The van der Waals surface area contributed by atoms with Gasteiger partial charge in [0.25, 0.3) is 11.1 Å². The van der Waals surface area contributed by atoms with Crippen LogP contribution < -0.4 is 0 Å². The smallest absolute Gasteiger partial charge is 0.293 e. The first-order chi connectivity index (χ1) is 11.0. The Morgan fingerprint density at radius 3 is 2.43 bits per heavy atom. The molecule has 126 valence electrons. The number of carbonyl (C=O) groups excluding carboxylic acids is 2. The van der Waals surface area contributed by atoms with Crippen LogP contribution in [0.3, 0.4) is 0 Å². The summed E-state index contributed by atoms with van der Waals surface area (Å²) >= 11 is 0.978. The molecule has 0 spiro atoms. The number of aryl methyl sites for hydroxylation is 1. The van der Waals surface area contributed by atoms with E-state index in [2.05, 4.69) is 4.57 Å². The molecular formula is C16H22N2O4S. The van der Waals surface area contributed by atoms with Crippen molar-refractivity contribution in [2.24, 2.45) is 0 Å². The maximum Gasteiger partial charge on any atom is 0.293 e. The van der Waals surface area contributed by atoms with Crippen molar-refractivity contribution in [3.63, 3.8) is 0 Å². The zero-order valence-electron chi connectivity index (χ0n) is 13.9. The molecule has 7 heteroatoms. The van der Waals surface area contributed by atoms with E-state index in [9.17, 15) is 9.59 Å². The van der Waals surface area contributed by atoms with Crippen LogP contribution in [0.1, 0.15) is 17.0 Å². The third-order valence-corrected chi connectivity index (χ3v) is 4.72. The van der Waals surface area contributed by atoms with E-state index in [0.29, 0.717) is 18.1 Å². The first-order valence-corrected chi connectivity index (χ1v) is 8.21. The van der Waals surface area contributed by atoms with Gasteiger partial charge in [-0.3, -0.25) is 14.5 Å². The molecule has 0 radical (unpaired) electrons. The predicted molar refractivity (Wildman–Crippen MR) is 90.3 cm³/mol. The SMILES string of the molecule is COCCN1C(=O)S/C(=C/c2cc(C)n(CCOC)c2C)C1=O. The Morgan fingerprint density at radius 2 is 1.78 bits per heavy atom. The van der Waals surface area contributed by atoms with Gasteiger partial charge in [0, 0.05) is 32.2 Å². The van der Waals surface area contributed by atoms with E-state index < -0.39 is 0 Å². The summed E-state index contributed by atoms with van der Waals surface area (Å²) in [7, 11) is 3.22. The van der Waals surface area contributed by atoms with Crippen LogP contribution in [0.25, 0.3) is 6.08 Å². The molecule has 1 saturated heterocycles. The summed E-state index contributed by atoms with van der Waals surface area (Å²) in [6.07, 6.45) is 1.79. The molecule has 1 fully saturated rings. The molecular weight excluding hydrogens is 316 g/mol. The van der Waals surface area contributed by atoms with Crippen LogP contribution in [0.4, 0.5) is 4.79 Å². The minimum atomic E-state index is -0.251. The normalized spacial score (nSPS) is 16.9. The summed E-state index contributed by atoms with van der Waals surface area (Å²) in [5.74, 6) is -0.251. The van der Waals surface area contributed by atoms with E-state index in [4.69, 9.17) is 9.47 Å². The van der Waals surface area contributed by atoms with Crippen LogP contribution in [-0.4, -0.2) is 54.6 Å². The van der Waals surface area contributed by atoms with Crippen LogP contribution in [0, 0.1) is 13.8 Å². The molecule has 0 aromatic carbocycles. The van der Waals surface area contributed by atoms with Gasteiger partial charge in [-0.05, 0) is 43.3 Å². The summed E-state index contributed by atoms with van der Waals surface area (Å²) in [6.45, 7) is 6.04. The fraction of sp³-hybridized carbons (Fsp3) is 0.500. The molecule has 1 aliphatic heterocycles. The lowest BCUT2D eigenvalue weighted by Crippen LogP contribution is -2.31. The van der Waals surface area contributed by atoms with Gasteiger partial charge in [0.05, 0.1) is 24.7 Å². The molecule has 0 saturated carbocycles. The summed E-state index contributed by atoms with van der Waals surface area (Å²) in [5, 5.41) is -0.244. The number of hydrogen-bond acceptors (Lipinski definition) is 5. The molecule has 2 amide bonds. The minimum Gasteiger partial charge on any atom is -0.383 e. The molecule has 2 rings (SSSR count). The first-order valence-electron chi connectivity index (χ1n) is 7.39. The molecule has 1 aromatic heterocycles. The summed E-state index contributed by atoms with van der Waals surface area (Å²) < 4.78 is 12.2. The number of aromatic nitrogens is 1. The molecule has 1 aromatic rings. The van der Waals surface area contributed by atoms with Gasteiger partial charge in [-0.15, -0.1) is 0 Å². The van der Waals surface area contributed by atoms with Gasteiger partial charge < -0.3 is 14.0 Å². The zero-order chi connectivity index (χ0) is 17.0. The Hall–Kier alpha value is -1.57. The van der Waals surface area contributed by atoms with Crippen LogP contribution in [-0.2, 0) is 20.8 Å². The number of thioether (sulfide) groups is 1. The van der Waals surface area contributed by atoms with Crippen molar-refractivity contribution in [3.8, 4) is 0 Å². The summed E-state index contributed by atoms with van der Waals surface area (Å²) in [6, 6.07) is 2.02. The molecule has 1 aliphatic rings. The second-order valence-electron chi connectivity index (χ2n) is 5.30. The van der Waals surface area contributed by atoms with E-state index in [1.165, 1.54) is 4.90 Å². The van der Waals surface area contributed by atoms with Crippen molar-refractivity contribution >= 4 is 29.0 Å². The average molecular weight is 338 g/mol. The summed E-state index contributed by atoms with van der Waals surface area (Å²) in [4.78, 5) is 26.0. The molecule has 0 N–H and O–H groups in total. The largest absolute Gasteiger partial charge is 0.383 e. The second kappa shape index (κ2) is 7.81. The van der Waals surface area contributed by atoms with Gasteiger partial charge >= 0.3 is 0 Å². The summed E-state index contributed by atoms with van der Waals surface area (Å²) in [5.41, 5.74) is 3.11. The Balaban J connectivity index is 2.22. The average Bonchev–Trinajstić information content (AvgIpc) is 2.93. The maximum atomic E-state index is 12.3. The van der Waals surface area contributed by atoms with Gasteiger partial charge in [0.1, 0.15) is 0 Å². The number of amides is 2. The molecule has 23 heavy (non-hydrogen) atoms. The minimum absolute atomic E-state index is 0.244. The number of nitrogens with zero attached hydrogens (tertiary/aromatic N) is 2. The van der Waals surface area contributed by atoms with Crippen molar-refractivity contribution < 1.29 is 19.1 Å². The van der Waals surface area contributed by atoms with Gasteiger partial charge in [0.15, 0.2) is 0 Å². The van der Waals surface area contributed by atoms with Crippen LogP contribution in [0.5, 0.6) is 0 Å². The molecule has 2 heterocycles. The Morgan fingerprint density at radius 1 is 1.13 bits per heavy atom. The highest BCUT2D eigenvalue weighted by Gasteiger charge is 2.34. The highest BCUT2D eigenvalue weighted by Crippen LogP contribution is 2.33. The molecule has 0 aliphatic carbocycles. The predicted octanol–water partition coefficient (Wildman–Crippen LogP) is 2.43. The fourth-order valence-electron chi connectivity index (χ4n) is 2.52. The number of ether oxygens (including phenoxy) is 2. The Bertz CT molecular complexity index is 636. The zero-order valence-corrected chi connectivity index (χ0v) is 14.7. The number of hydrogen-bond donors (Lipinski definition) is 0. The molecule has 0 atom stereocenters. The highest BCUT2D eigenvalue weighted by molar-refractivity contribution is 8.18. The number of imide groups is 1. The highest BCUT2D eigenvalue weighted by atomic mass is 32.2. The fourth-order valence-corrected chi connectivity index (χ4v) is 3.37. The lowest BCUT2D eigenvalue weighted by molar-refractivity contribution is -0.123. The van der Waals surface area contributed by atoms with E-state index >= 15 is 0 Å². The number of methoxy groups -OCH3 is 2. The van der Waals surface area contributed by atoms with Gasteiger partial charge in [0.2, 0.25) is 0 Å². The van der Waals surface area contributed by atoms with Crippen molar-refractivity contribution in [2.75, 3.05) is 34.0 Å². The topological polar surface area (TPSA) is 60.8 Å². The van der Waals surface area contributed by atoms with Gasteiger partial charge in [-0.1, -0.05) is 0 Å². The van der Waals surface area contributed by atoms with Crippen LogP contribution in [0.15, 0.2) is 11.0 Å². The second-order valence-corrected chi connectivity index (χ2v) is 6.29. The first kappa shape index (κ1) is 17.8. The van der Waals surface area contributed by atoms with Crippen molar-refractivity contribution in [2.45, 2.75) is 20.4 Å². The molecule has 6 nitrogen and oxygen atoms in total. The Kier molecular flexibility index (Phi) is 6.04.